The zero-order chi connectivity index (χ0) is 16.4. The topological polar surface area (TPSA) is 62.3 Å². The molecule has 0 saturated carbocycles. The van der Waals surface area contributed by atoms with E-state index in [1.54, 1.807) is 11.3 Å². The van der Waals surface area contributed by atoms with Crippen LogP contribution in [0.3, 0.4) is 0 Å². The van der Waals surface area contributed by atoms with Crippen molar-refractivity contribution in [2.45, 2.75) is 9.33 Å². The molecule has 1 aliphatic rings. The van der Waals surface area contributed by atoms with Crippen LogP contribution >= 0.6 is 39.0 Å². The second-order valence-corrected chi connectivity index (χ2v) is 8.15. The highest BCUT2D eigenvalue weighted by molar-refractivity contribution is 9.10. The van der Waals surface area contributed by atoms with Gasteiger partial charge in [0.1, 0.15) is 0 Å². The lowest BCUT2D eigenvalue weighted by Crippen LogP contribution is -2.13. The number of hydrogen-bond donors (Lipinski definition) is 0. The molecule has 2 heterocycles. The van der Waals surface area contributed by atoms with E-state index in [0.29, 0.717) is 0 Å². The summed E-state index contributed by atoms with van der Waals surface area (Å²) < 4.78 is 1.87. The molecular weight excluding hydrogens is 406 g/mol. The maximum absolute atomic E-state index is 4.70. The van der Waals surface area contributed by atoms with Crippen LogP contribution in [0, 0.1) is 0 Å². The van der Waals surface area contributed by atoms with Gasteiger partial charge in [-0.15, -0.1) is 21.6 Å². The standard InChI is InChI=1S/C16H10BrN5S2/c17-13-8-6-12(7-9-13)16(19-21-22-20-16)24-15-18-14(10-23-15)11-4-2-1-3-5-11/h1-10H. The van der Waals surface area contributed by atoms with E-state index in [0.717, 1.165) is 25.6 Å². The van der Waals surface area contributed by atoms with Crippen molar-refractivity contribution in [2.24, 2.45) is 20.7 Å². The molecule has 1 aromatic heterocycles. The Bertz CT molecular complexity index is 894. The van der Waals surface area contributed by atoms with E-state index in [-0.39, 0.29) is 0 Å². The smallest absolute Gasteiger partial charge is 0.229 e. The maximum Gasteiger partial charge on any atom is 0.272 e. The molecule has 0 radical (unpaired) electrons. The quantitative estimate of drug-likeness (QED) is 0.500. The summed E-state index contributed by atoms with van der Waals surface area (Å²) in [5, 5.41) is 18.0. The lowest BCUT2D eigenvalue weighted by Gasteiger charge is -2.17. The second kappa shape index (κ2) is 6.54. The Hall–Kier alpha value is -1.90. The fourth-order valence-electron chi connectivity index (χ4n) is 2.23. The van der Waals surface area contributed by atoms with Gasteiger partial charge in [-0.25, -0.2) is 4.98 Å². The van der Waals surface area contributed by atoms with Gasteiger partial charge in [0.05, 0.1) is 5.69 Å². The number of rotatable bonds is 4. The summed E-state index contributed by atoms with van der Waals surface area (Å²) in [6, 6.07) is 17.9. The molecular formula is C16H10BrN5S2. The van der Waals surface area contributed by atoms with Crippen LogP contribution in [0.5, 0.6) is 0 Å². The van der Waals surface area contributed by atoms with Crippen molar-refractivity contribution < 1.29 is 0 Å². The summed E-state index contributed by atoms with van der Waals surface area (Å²) >= 11 is 6.45. The molecule has 0 N–H and O–H groups in total. The van der Waals surface area contributed by atoms with Gasteiger partial charge in [-0.2, -0.15) is 0 Å². The Morgan fingerprint density at radius 1 is 0.917 bits per heavy atom. The lowest BCUT2D eigenvalue weighted by molar-refractivity contribution is 0.688. The Kier molecular flexibility index (Phi) is 4.26. The highest BCUT2D eigenvalue weighted by atomic mass is 79.9. The van der Waals surface area contributed by atoms with Gasteiger partial charge in [0.2, 0.25) is 0 Å². The molecule has 0 bridgehead atoms. The average Bonchev–Trinajstić information content (AvgIpc) is 3.27. The fraction of sp³-hybridized carbons (Fsp3) is 0.0625. The van der Waals surface area contributed by atoms with Crippen LogP contribution in [0.15, 0.2) is 89.5 Å². The molecule has 1 aliphatic heterocycles. The third-order valence-corrected chi connectivity index (χ3v) is 6.05. The molecule has 8 heteroatoms. The Morgan fingerprint density at radius 2 is 1.62 bits per heavy atom. The number of nitrogens with zero attached hydrogens (tertiary/aromatic N) is 5. The summed E-state index contributed by atoms with van der Waals surface area (Å²) in [5.41, 5.74) is 2.95. The number of aromatic nitrogens is 1. The van der Waals surface area contributed by atoms with Crippen LogP contribution in [0.25, 0.3) is 11.3 Å². The second-order valence-electron chi connectivity index (χ2n) is 4.96. The number of benzene rings is 2. The Balaban J connectivity index is 1.65. The zero-order valence-electron chi connectivity index (χ0n) is 12.2. The normalized spacial score (nSPS) is 15.0. The van der Waals surface area contributed by atoms with E-state index in [2.05, 4.69) is 36.6 Å². The monoisotopic (exact) mass is 415 g/mol. The van der Waals surface area contributed by atoms with Crippen LogP contribution in [-0.2, 0) is 4.99 Å². The van der Waals surface area contributed by atoms with Crippen LogP contribution in [0.2, 0.25) is 0 Å². The third-order valence-electron chi connectivity index (χ3n) is 3.40. The van der Waals surface area contributed by atoms with Gasteiger partial charge in [0.25, 0.3) is 4.99 Å². The minimum atomic E-state index is -0.896. The van der Waals surface area contributed by atoms with Crippen LogP contribution in [0.1, 0.15) is 5.56 Å². The van der Waals surface area contributed by atoms with Crippen molar-refractivity contribution in [3.8, 4) is 11.3 Å². The molecule has 3 aromatic rings. The molecule has 0 saturated heterocycles. The van der Waals surface area contributed by atoms with E-state index in [1.165, 1.54) is 11.8 Å². The number of thiazole rings is 1. The van der Waals surface area contributed by atoms with Gasteiger partial charge >= 0.3 is 0 Å². The average molecular weight is 416 g/mol. The van der Waals surface area contributed by atoms with E-state index >= 15 is 0 Å². The van der Waals surface area contributed by atoms with Crippen LogP contribution in [-0.4, -0.2) is 4.98 Å². The number of thioether (sulfide) groups is 1. The predicted octanol–water partition coefficient (Wildman–Crippen LogP) is 6.31. The number of halogens is 1. The maximum atomic E-state index is 4.70. The van der Waals surface area contributed by atoms with E-state index in [1.807, 2.05) is 60.0 Å². The Morgan fingerprint density at radius 3 is 2.33 bits per heavy atom. The van der Waals surface area contributed by atoms with Crippen molar-refractivity contribution in [3.63, 3.8) is 0 Å². The molecule has 0 fully saturated rings. The minimum Gasteiger partial charge on any atom is -0.229 e. The van der Waals surface area contributed by atoms with Crippen molar-refractivity contribution in [1.82, 2.24) is 4.98 Å². The van der Waals surface area contributed by atoms with Gasteiger partial charge in [-0.05, 0) is 34.3 Å². The molecule has 4 rings (SSSR count). The first-order chi connectivity index (χ1) is 11.8. The largest absolute Gasteiger partial charge is 0.272 e. The van der Waals surface area contributed by atoms with E-state index in [4.69, 9.17) is 4.98 Å². The molecule has 0 aliphatic carbocycles. The van der Waals surface area contributed by atoms with E-state index < -0.39 is 4.99 Å². The Labute approximate surface area is 155 Å². The first kappa shape index (κ1) is 15.6. The van der Waals surface area contributed by atoms with Gasteiger partial charge < -0.3 is 0 Å². The zero-order valence-corrected chi connectivity index (χ0v) is 15.4. The van der Waals surface area contributed by atoms with Crippen molar-refractivity contribution >= 4 is 39.0 Å². The highest BCUT2D eigenvalue weighted by Gasteiger charge is 2.38. The van der Waals surface area contributed by atoms with Crippen molar-refractivity contribution in [3.05, 3.63) is 70.0 Å². The molecule has 0 unspecified atom stereocenters. The summed E-state index contributed by atoms with van der Waals surface area (Å²) in [4.78, 5) is 3.80. The molecule has 0 atom stereocenters. The summed E-state index contributed by atoms with van der Waals surface area (Å²) in [5.74, 6) is 0. The summed E-state index contributed by atoms with van der Waals surface area (Å²) in [7, 11) is 0. The molecule has 118 valence electrons. The number of hydrogen-bond acceptors (Lipinski definition) is 7. The highest BCUT2D eigenvalue weighted by Crippen LogP contribution is 2.48. The summed E-state index contributed by atoms with van der Waals surface area (Å²) in [6.07, 6.45) is 0. The fourth-order valence-corrected chi connectivity index (χ4v) is 4.53. The van der Waals surface area contributed by atoms with Crippen LogP contribution < -0.4 is 0 Å². The minimum absolute atomic E-state index is 0.872. The van der Waals surface area contributed by atoms with E-state index in [9.17, 15) is 0 Å². The van der Waals surface area contributed by atoms with Gasteiger partial charge in [0, 0.05) is 21.0 Å². The van der Waals surface area contributed by atoms with Crippen molar-refractivity contribution in [2.75, 3.05) is 0 Å². The predicted molar refractivity (Wildman–Crippen MR) is 98.9 cm³/mol. The van der Waals surface area contributed by atoms with Gasteiger partial charge in [0.15, 0.2) is 4.34 Å². The van der Waals surface area contributed by atoms with Gasteiger partial charge in [-0.3, -0.25) is 0 Å². The first-order valence-electron chi connectivity index (χ1n) is 7.05. The molecule has 0 spiro atoms. The molecule has 5 nitrogen and oxygen atoms in total. The SMILES string of the molecule is Brc1ccc(C2(Sc3nc(-c4ccccc4)cs3)N=NN=N2)cc1. The van der Waals surface area contributed by atoms with Gasteiger partial charge in [-0.1, -0.05) is 58.4 Å². The molecule has 24 heavy (non-hydrogen) atoms. The lowest BCUT2D eigenvalue weighted by atomic mass is 10.2. The van der Waals surface area contributed by atoms with Crippen LogP contribution in [0.4, 0.5) is 0 Å². The summed E-state index contributed by atoms with van der Waals surface area (Å²) in [6.45, 7) is 0. The molecule has 2 aromatic carbocycles. The first-order valence-corrected chi connectivity index (χ1v) is 9.54. The van der Waals surface area contributed by atoms with Crippen molar-refractivity contribution in [1.29, 1.82) is 0 Å². The molecule has 0 amide bonds. The third kappa shape index (κ3) is 3.04.